The third-order valence-corrected chi connectivity index (χ3v) is 4.65. The number of nitrogens with zero attached hydrogens (tertiary/aromatic N) is 1. The average Bonchev–Trinajstić information content (AvgIpc) is 2.58. The molecule has 146 valence electrons. The zero-order chi connectivity index (χ0) is 19.4. The Morgan fingerprint density at radius 2 is 2.12 bits per heavy atom. The van der Waals surface area contributed by atoms with Gasteiger partial charge in [-0.2, -0.15) is 0 Å². The third-order valence-electron chi connectivity index (χ3n) is 4.41. The molecule has 0 saturated carbocycles. The summed E-state index contributed by atoms with van der Waals surface area (Å²) in [5.41, 5.74) is 11.5. The number of carbonyl (C=O) groups excluding carboxylic acids is 1. The van der Waals surface area contributed by atoms with Crippen LogP contribution in [0.2, 0.25) is 5.02 Å². The van der Waals surface area contributed by atoms with Gasteiger partial charge in [0.25, 0.3) is 0 Å². The summed E-state index contributed by atoms with van der Waals surface area (Å²) in [6.07, 6.45) is 1.34. The molecule has 1 amide bonds. The van der Waals surface area contributed by atoms with Gasteiger partial charge >= 0.3 is 6.09 Å². The molecular formula is C19H30ClN3O3. The summed E-state index contributed by atoms with van der Waals surface area (Å²) >= 11 is 6.16. The summed E-state index contributed by atoms with van der Waals surface area (Å²) in [7, 11) is 0. The number of piperidine rings is 1. The SMILES string of the molecule is CC(C)(C)OC(=O)N1CCCC(C(N)(OCCN)c2cccc(Cl)c2)C1. The van der Waals surface area contributed by atoms with E-state index in [1.807, 2.05) is 39.0 Å². The number of rotatable bonds is 5. The molecule has 2 rings (SSSR count). The first-order chi connectivity index (χ1) is 12.2. The maximum atomic E-state index is 12.5. The molecule has 6 nitrogen and oxygen atoms in total. The molecule has 2 unspecified atom stereocenters. The minimum absolute atomic E-state index is 0.0891. The number of benzene rings is 1. The Morgan fingerprint density at radius 1 is 1.38 bits per heavy atom. The minimum Gasteiger partial charge on any atom is -0.444 e. The van der Waals surface area contributed by atoms with Crippen molar-refractivity contribution in [2.45, 2.75) is 44.9 Å². The highest BCUT2D eigenvalue weighted by Gasteiger charge is 2.42. The van der Waals surface area contributed by atoms with Gasteiger partial charge in [0.05, 0.1) is 6.61 Å². The van der Waals surface area contributed by atoms with Crippen molar-refractivity contribution in [3.8, 4) is 0 Å². The molecule has 1 aromatic rings. The number of carbonyl (C=O) groups is 1. The number of nitrogens with two attached hydrogens (primary N) is 2. The fourth-order valence-corrected chi connectivity index (χ4v) is 3.41. The molecule has 1 aliphatic heterocycles. The highest BCUT2D eigenvalue weighted by molar-refractivity contribution is 6.30. The van der Waals surface area contributed by atoms with Crippen molar-refractivity contribution < 1.29 is 14.3 Å². The molecule has 0 radical (unpaired) electrons. The van der Waals surface area contributed by atoms with Gasteiger partial charge in [-0.05, 0) is 45.7 Å². The standard InChI is InChI=1S/C19H30ClN3O3/c1-18(2,3)26-17(24)23-10-5-7-15(13-23)19(22,25-11-9-21)14-6-4-8-16(20)12-14/h4,6,8,12,15H,5,7,9-11,13,21-22H2,1-3H3. The highest BCUT2D eigenvalue weighted by atomic mass is 35.5. The second kappa shape index (κ2) is 8.57. The molecular weight excluding hydrogens is 354 g/mol. The summed E-state index contributed by atoms with van der Waals surface area (Å²) in [4.78, 5) is 14.2. The number of hydrogen-bond donors (Lipinski definition) is 2. The highest BCUT2D eigenvalue weighted by Crippen LogP contribution is 2.36. The van der Waals surface area contributed by atoms with Crippen molar-refractivity contribution in [1.29, 1.82) is 0 Å². The van der Waals surface area contributed by atoms with E-state index < -0.39 is 11.3 Å². The number of amides is 1. The van der Waals surface area contributed by atoms with Gasteiger partial charge in [-0.25, -0.2) is 4.79 Å². The van der Waals surface area contributed by atoms with Crippen LogP contribution in [0.5, 0.6) is 0 Å². The van der Waals surface area contributed by atoms with Gasteiger partial charge in [-0.1, -0.05) is 23.7 Å². The fraction of sp³-hybridized carbons (Fsp3) is 0.632. The Labute approximate surface area is 160 Å². The normalized spacial score (nSPS) is 20.5. The first kappa shape index (κ1) is 21.0. The molecule has 2 atom stereocenters. The summed E-state index contributed by atoms with van der Waals surface area (Å²) in [6, 6.07) is 7.35. The summed E-state index contributed by atoms with van der Waals surface area (Å²) in [5, 5.41) is 0.591. The van der Waals surface area contributed by atoms with Gasteiger partial charge in [0, 0.05) is 36.1 Å². The van der Waals surface area contributed by atoms with Crippen LogP contribution in [0.1, 0.15) is 39.2 Å². The lowest BCUT2D eigenvalue weighted by Gasteiger charge is -2.43. The molecule has 7 heteroatoms. The second-order valence-electron chi connectivity index (χ2n) is 7.71. The van der Waals surface area contributed by atoms with Crippen molar-refractivity contribution >= 4 is 17.7 Å². The van der Waals surface area contributed by atoms with Gasteiger partial charge in [0.15, 0.2) is 0 Å². The molecule has 1 heterocycles. The van der Waals surface area contributed by atoms with E-state index in [0.29, 0.717) is 31.3 Å². The maximum absolute atomic E-state index is 12.5. The van der Waals surface area contributed by atoms with Gasteiger partial charge < -0.3 is 20.1 Å². The molecule has 0 bridgehead atoms. The second-order valence-corrected chi connectivity index (χ2v) is 8.14. The van der Waals surface area contributed by atoms with Crippen LogP contribution in [0.4, 0.5) is 4.79 Å². The van der Waals surface area contributed by atoms with Crippen LogP contribution < -0.4 is 11.5 Å². The number of likely N-dealkylation sites (tertiary alicyclic amines) is 1. The summed E-state index contributed by atoms with van der Waals surface area (Å²) in [5.74, 6) is -0.0891. The third kappa shape index (κ3) is 5.33. The Bertz CT molecular complexity index is 620. The van der Waals surface area contributed by atoms with Gasteiger partial charge in [-0.3, -0.25) is 5.73 Å². The molecule has 1 aliphatic rings. The lowest BCUT2D eigenvalue weighted by atomic mass is 9.83. The molecule has 0 aromatic heterocycles. The van der Waals surface area contributed by atoms with E-state index >= 15 is 0 Å². The molecule has 1 aromatic carbocycles. The minimum atomic E-state index is -1.06. The van der Waals surface area contributed by atoms with Crippen LogP contribution in [-0.4, -0.2) is 42.8 Å². The quantitative estimate of drug-likeness (QED) is 0.762. The smallest absolute Gasteiger partial charge is 0.410 e. The summed E-state index contributed by atoms with van der Waals surface area (Å²) < 4.78 is 11.5. The monoisotopic (exact) mass is 383 g/mol. The molecule has 0 spiro atoms. The van der Waals surface area contributed by atoms with E-state index in [1.165, 1.54) is 0 Å². The van der Waals surface area contributed by atoms with Gasteiger partial charge in [0.2, 0.25) is 0 Å². The van der Waals surface area contributed by atoms with Crippen molar-refractivity contribution in [2.75, 3.05) is 26.2 Å². The largest absolute Gasteiger partial charge is 0.444 e. The number of hydrogen-bond acceptors (Lipinski definition) is 5. The van der Waals surface area contributed by atoms with Crippen molar-refractivity contribution in [3.63, 3.8) is 0 Å². The fourth-order valence-electron chi connectivity index (χ4n) is 3.22. The number of ether oxygens (including phenoxy) is 2. The van der Waals surface area contributed by atoms with Crippen LogP contribution in [0, 0.1) is 5.92 Å². The van der Waals surface area contributed by atoms with Crippen LogP contribution in [0.15, 0.2) is 24.3 Å². The molecule has 0 aliphatic carbocycles. The van der Waals surface area contributed by atoms with E-state index in [9.17, 15) is 4.79 Å². The van der Waals surface area contributed by atoms with E-state index in [1.54, 1.807) is 11.0 Å². The predicted octanol–water partition coefficient (Wildman–Crippen LogP) is 3.07. The Morgan fingerprint density at radius 3 is 2.73 bits per heavy atom. The lowest BCUT2D eigenvalue weighted by molar-refractivity contribution is -0.104. The van der Waals surface area contributed by atoms with Gasteiger partial charge in [0.1, 0.15) is 11.3 Å². The van der Waals surface area contributed by atoms with Crippen molar-refractivity contribution in [3.05, 3.63) is 34.9 Å². The zero-order valence-electron chi connectivity index (χ0n) is 15.8. The topological polar surface area (TPSA) is 90.8 Å². The van der Waals surface area contributed by atoms with Crippen molar-refractivity contribution in [1.82, 2.24) is 4.90 Å². The van der Waals surface area contributed by atoms with E-state index in [2.05, 4.69) is 0 Å². The zero-order valence-corrected chi connectivity index (χ0v) is 16.6. The van der Waals surface area contributed by atoms with Crippen LogP contribution in [-0.2, 0) is 15.2 Å². The molecule has 1 saturated heterocycles. The Hall–Kier alpha value is -1.34. The Kier molecular flexibility index (Phi) is 6.91. The van der Waals surface area contributed by atoms with E-state index in [-0.39, 0.29) is 12.0 Å². The first-order valence-corrected chi connectivity index (χ1v) is 9.40. The first-order valence-electron chi connectivity index (χ1n) is 9.02. The number of halogens is 1. The summed E-state index contributed by atoms with van der Waals surface area (Å²) in [6.45, 7) is 7.37. The lowest BCUT2D eigenvalue weighted by Crippen LogP contribution is -2.55. The Balaban J connectivity index is 2.23. The van der Waals surface area contributed by atoms with Gasteiger partial charge in [-0.15, -0.1) is 0 Å². The maximum Gasteiger partial charge on any atom is 0.410 e. The van der Waals surface area contributed by atoms with Crippen LogP contribution in [0.25, 0.3) is 0 Å². The van der Waals surface area contributed by atoms with Crippen LogP contribution in [0.3, 0.4) is 0 Å². The average molecular weight is 384 g/mol. The molecule has 26 heavy (non-hydrogen) atoms. The van der Waals surface area contributed by atoms with E-state index in [4.69, 9.17) is 32.5 Å². The van der Waals surface area contributed by atoms with Crippen molar-refractivity contribution in [2.24, 2.45) is 17.4 Å². The predicted molar refractivity (Wildman–Crippen MR) is 103 cm³/mol. The molecule has 4 N–H and O–H groups in total. The van der Waals surface area contributed by atoms with E-state index in [0.717, 1.165) is 18.4 Å². The van der Waals surface area contributed by atoms with Crippen LogP contribution >= 0.6 is 11.6 Å². The molecule has 1 fully saturated rings.